The molecule has 0 aliphatic heterocycles. The van der Waals surface area contributed by atoms with Gasteiger partial charge >= 0.3 is 0 Å². The number of aromatic nitrogens is 1. The van der Waals surface area contributed by atoms with Gasteiger partial charge in [0, 0.05) is 12.0 Å². The molecule has 0 atom stereocenters. The normalized spacial score (nSPS) is 16.2. The summed E-state index contributed by atoms with van der Waals surface area (Å²) in [5.41, 5.74) is 9.62. The fourth-order valence-corrected chi connectivity index (χ4v) is 4.12. The molecule has 2 aromatic rings. The average molecular weight is 366 g/mol. The Kier molecular flexibility index (Phi) is 6.78. The van der Waals surface area contributed by atoms with Crippen molar-refractivity contribution < 1.29 is 4.79 Å². The topological polar surface area (TPSA) is 68.0 Å². The van der Waals surface area contributed by atoms with Crippen molar-refractivity contribution in [1.29, 1.82) is 0 Å². The summed E-state index contributed by atoms with van der Waals surface area (Å²) < 4.78 is 0. The Morgan fingerprint density at radius 2 is 1.92 bits per heavy atom. The van der Waals surface area contributed by atoms with E-state index >= 15 is 0 Å². The summed E-state index contributed by atoms with van der Waals surface area (Å²) in [5.74, 6) is 0.0544. The maximum atomic E-state index is 12.5. The fourth-order valence-electron chi connectivity index (χ4n) is 3.40. The van der Waals surface area contributed by atoms with Gasteiger partial charge in [0.1, 0.15) is 10.7 Å². The number of halogens is 1. The molecule has 1 amide bonds. The Labute approximate surface area is 153 Å². The Morgan fingerprint density at radius 3 is 2.58 bits per heavy atom. The third-order valence-electron chi connectivity index (χ3n) is 4.75. The summed E-state index contributed by atoms with van der Waals surface area (Å²) in [6.45, 7) is 0.592. The first kappa shape index (κ1) is 18.9. The van der Waals surface area contributed by atoms with Crippen LogP contribution in [0.25, 0.3) is 11.3 Å². The van der Waals surface area contributed by atoms with Crippen molar-refractivity contribution in [3.05, 3.63) is 35.8 Å². The molecule has 1 aromatic carbocycles. The lowest BCUT2D eigenvalue weighted by Gasteiger charge is -2.35. The largest absolute Gasteiger partial charge is 0.330 e. The number of anilines is 1. The molecule has 24 heavy (non-hydrogen) atoms. The summed E-state index contributed by atoms with van der Waals surface area (Å²) >= 11 is 1.47. The lowest BCUT2D eigenvalue weighted by Crippen LogP contribution is -2.36. The Bertz CT molecular complexity index is 653. The van der Waals surface area contributed by atoms with Gasteiger partial charge in [0.15, 0.2) is 0 Å². The number of carbonyl (C=O) groups excluding carboxylic acids is 1. The highest BCUT2D eigenvalue weighted by molar-refractivity contribution is 7.14. The predicted octanol–water partition coefficient (Wildman–Crippen LogP) is 4.47. The molecule has 0 spiro atoms. The maximum Gasteiger partial charge on any atom is 0.225 e. The number of nitrogens with zero attached hydrogens (tertiary/aromatic N) is 1. The van der Waals surface area contributed by atoms with Crippen molar-refractivity contribution in [1.82, 2.24) is 4.98 Å². The molecule has 3 rings (SSSR count). The first-order valence-electron chi connectivity index (χ1n) is 8.21. The number of thiazole rings is 1. The molecule has 0 saturated heterocycles. The van der Waals surface area contributed by atoms with E-state index < -0.39 is 0 Å². The zero-order chi connectivity index (χ0) is 16.1. The van der Waals surface area contributed by atoms with Gasteiger partial charge in [-0.1, -0.05) is 49.6 Å². The monoisotopic (exact) mass is 365 g/mol. The van der Waals surface area contributed by atoms with Crippen molar-refractivity contribution in [2.75, 3.05) is 11.9 Å². The lowest BCUT2D eigenvalue weighted by atomic mass is 9.72. The number of benzene rings is 1. The second-order valence-electron chi connectivity index (χ2n) is 6.39. The molecule has 1 aliphatic carbocycles. The Balaban J connectivity index is 0.00000208. The zero-order valence-electron chi connectivity index (χ0n) is 13.7. The van der Waals surface area contributed by atoms with Crippen LogP contribution in [0.2, 0.25) is 0 Å². The van der Waals surface area contributed by atoms with Crippen molar-refractivity contribution in [2.45, 2.75) is 38.5 Å². The number of carbonyl (C=O) groups is 1. The van der Waals surface area contributed by atoms with Crippen molar-refractivity contribution in [3.8, 4) is 11.3 Å². The van der Waals surface area contributed by atoms with E-state index in [-0.39, 0.29) is 23.7 Å². The highest BCUT2D eigenvalue weighted by Gasteiger charge is 2.33. The van der Waals surface area contributed by atoms with Gasteiger partial charge in [-0.3, -0.25) is 4.79 Å². The van der Waals surface area contributed by atoms with Crippen LogP contribution in [-0.4, -0.2) is 17.4 Å². The van der Waals surface area contributed by atoms with E-state index in [0.717, 1.165) is 29.1 Å². The average Bonchev–Trinajstić information content (AvgIpc) is 3.04. The molecule has 1 heterocycles. The van der Waals surface area contributed by atoms with E-state index in [1.165, 1.54) is 30.6 Å². The molecule has 3 N–H and O–H groups in total. The van der Waals surface area contributed by atoms with Gasteiger partial charge < -0.3 is 11.1 Å². The summed E-state index contributed by atoms with van der Waals surface area (Å²) in [6, 6.07) is 9.94. The number of nitrogens with two attached hydrogens (primary N) is 1. The van der Waals surface area contributed by atoms with Crippen LogP contribution in [0, 0.1) is 5.41 Å². The van der Waals surface area contributed by atoms with Crippen LogP contribution in [0.15, 0.2) is 35.8 Å². The third kappa shape index (κ3) is 4.35. The standard InChI is InChI=1S/C18H23N3OS.ClH/c19-12-18(9-5-2-6-10-18)11-15(22)21-17-16(20-13-23-17)14-7-3-1-4-8-14;/h1,3-4,7-8,13H,2,5-6,9-12,19H2,(H,21,22);1H. The van der Waals surface area contributed by atoms with E-state index in [1.807, 2.05) is 30.3 Å². The van der Waals surface area contributed by atoms with Gasteiger partial charge in [-0.05, 0) is 24.8 Å². The molecule has 1 saturated carbocycles. The molecule has 130 valence electrons. The van der Waals surface area contributed by atoms with Crippen LogP contribution in [-0.2, 0) is 4.79 Å². The summed E-state index contributed by atoms with van der Waals surface area (Å²) in [5, 5.41) is 3.88. The quantitative estimate of drug-likeness (QED) is 0.821. The van der Waals surface area contributed by atoms with Crippen LogP contribution < -0.4 is 11.1 Å². The van der Waals surface area contributed by atoms with E-state index in [4.69, 9.17) is 5.73 Å². The molecule has 0 radical (unpaired) electrons. The lowest BCUT2D eigenvalue weighted by molar-refractivity contribution is -0.118. The number of nitrogens with one attached hydrogen (secondary N) is 1. The SMILES string of the molecule is Cl.NCC1(CC(=O)Nc2scnc2-c2ccccc2)CCCCC1. The van der Waals surface area contributed by atoms with Crippen LogP contribution in [0.3, 0.4) is 0 Å². The van der Waals surface area contributed by atoms with E-state index in [0.29, 0.717) is 13.0 Å². The summed E-state index contributed by atoms with van der Waals surface area (Å²) in [4.78, 5) is 16.9. The van der Waals surface area contributed by atoms with Crippen molar-refractivity contribution in [2.24, 2.45) is 11.1 Å². The zero-order valence-corrected chi connectivity index (χ0v) is 15.3. The minimum atomic E-state index is -0.0140. The van der Waals surface area contributed by atoms with E-state index in [2.05, 4.69) is 10.3 Å². The molecule has 1 fully saturated rings. The number of hydrogen-bond donors (Lipinski definition) is 2. The molecule has 1 aromatic heterocycles. The molecular formula is C18H24ClN3OS. The van der Waals surface area contributed by atoms with Gasteiger partial charge in [0.05, 0.1) is 5.51 Å². The van der Waals surface area contributed by atoms with Crippen molar-refractivity contribution >= 4 is 34.7 Å². The van der Waals surface area contributed by atoms with Gasteiger partial charge in [0.25, 0.3) is 0 Å². The van der Waals surface area contributed by atoms with Crippen LogP contribution in [0.4, 0.5) is 5.00 Å². The highest BCUT2D eigenvalue weighted by Crippen LogP contribution is 2.39. The molecule has 4 nitrogen and oxygen atoms in total. The second kappa shape index (κ2) is 8.60. The summed E-state index contributed by atoms with van der Waals surface area (Å²) in [6.07, 6.45) is 6.25. The summed E-state index contributed by atoms with van der Waals surface area (Å²) in [7, 11) is 0. The van der Waals surface area contributed by atoms with Gasteiger partial charge in [-0.15, -0.1) is 23.7 Å². The van der Waals surface area contributed by atoms with E-state index in [9.17, 15) is 4.79 Å². The predicted molar refractivity (Wildman–Crippen MR) is 103 cm³/mol. The fraction of sp³-hybridized carbons (Fsp3) is 0.444. The minimum Gasteiger partial charge on any atom is -0.330 e. The Morgan fingerprint density at radius 1 is 1.21 bits per heavy atom. The number of amides is 1. The molecular weight excluding hydrogens is 342 g/mol. The van der Waals surface area contributed by atoms with Gasteiger partial charge in [-0.2, -0.15) is 0 Å². The molecule has 1 aliphatic rings. The van der Waals surface area contributed by atoms with Crippen LogP contribution in [0.1, 0.15) is 38.5 Å². The number of hydrogen-bond acceptors (Lipinski definition) is 4. The van der Waals surface area contributed by atoms with E-state index in [1.54, 1.807) is 5.51 Å². The van der Waals surface area contributed by atoms with Gasteiger partial charge in [-0.25, -0.2) is 4.98 Å². The van der Waals surface area contributed by atoms with Gasteiger partial charge in [0.2, 0.25) is 5.91 Å². The molecule has 0 unspecified atom stereocenters. The Hall–Kier alpha value is -1.43. The number of rotatable bonds is 5. The van der Waals surface area contributed by atoms with Crippen molar-refractivity contribution in [3.63, 3.8) is 0 Å². The highest BCUT2D eigenvalue weighted by atomic mass is 35.5. The second-order valence-corrected chi connectivity index (χ2v) is 7.24. The minimum absolute atomic E-state index is 0. The third-order valence-corrected chi connectivity index (χ3v) is 5.49. The maximum absolute atomic E-state index is 12.5. The van der Waals surface area contributed by atoms with Crippen LogP contribution in [0.5, 0.6) is 0 Å². The molecule has 6 heteroatoms. The first-order valence-corrected chi connectivity index (χ1v) is 9.09. The molecule has 0 bridgehead atoms. The first-order chi connectivity index (χ1) is 11.2. The van der Waals surface area contributed by atoms with Crippen LogP contribution >= 0.6 is 23.7 Å². The smallest absolute Gasteiger partial charge is 0.225 e.